The summed E-state index contributed by atoms with van der Waals surface area (Å²) in [4.78, 5) is 11.2. The minimum atomic E-state index is -0.341. The lowest BCUT2D eigenvalue weighted by Crippen LogP contribution is -2.08. The van der Waals surface area contributed by atoms with Crippen LogP contribution >= 0.6 is 23.1 Å². The third-order valence-electron chi connectivity index (χ3n) is 1.44. The molecule has 0 aliphatic rings. The zero-order valence-electron chi connectivity index (χ0n) is 8.65. The van der Waals surface area contributed by atoms with Crippen molar-refractivity contribution in [3.05, 3.63) is 17.2 Å². The SMILES string of the molecule is C=C(CSc1nnc(C)s1)C(=O)OCC. The van der Waals surface area contributed by atoms with Crippen molar-refractivity contribution in [2.45, 2.75) is 18.2 Å². The van der Waals surface area contributed by atoms with Crippen molar-refractivity contribution in [2.75, 3.05) is 12.4 Å². The van der Waals surface area contributed by atoms with Crippen LogP contribution in [-0.2, 0) is 9.53 Å². The van der Waals surface area contributed by atoms with Gasteiger partial charge in [0.1, 0.15) is 5.01 Å². The summed E-state index contributed by atoms with van der Waals surface area (Å²) in [6.45, 7) is 7.69. The first kappa shape index (κ1) is 12.2. The Kier molecular flexibility index (Phi) is 4.77. The fourth-order valence-corrected chi connectivity index (χ4v) is 2.48. The smallest absolute Gasteiger partial charge is 0.334 e. The second-order valence-electron chi connectivity index (χ2n) is 2.70. The van der Waals surface area contributed by atoms with Crippen LogP contribution in [0.3, 0.4) is 0 Å². The topological polar surface area (TPSA) is 52.1 Å². The highest BCUT2D eigenvalue weighted by Gasteiger charge is 2.09. The van der Waals surface area contributed by atoms with Gasteiger partial charge in [-0.2, -0.15) is 0 Å². The Hall–Kier alpha value is -0.880. The molecule has 82 valence electrons. The second-order valence-corrected chi connectivity index (χ2v) is 5.10. The third kappa shape index (κ3) is 4.01. The highest BCUT2D eigenvalue weighted by atomic mass is 32.2. The maximum atomic E-state index is 11.2. The van der Waals surface area contributed by atoms with Crippen LogP contribution in [0.1, 0.15) is 11.9 Å². The van der Waals surface area contributed by atoms with E-state index in [2.05, 4.69) is 16.8 Å². The van der Waals surface area contributed by atoms with E-state index in [1.54, 1.807) is 6.92 Å². The normalized spacial score (nSPS) is 10.0. The molecule has 0 unspecified atom stereocenters. The lowest BCUT2D eigenvalue weighted by molar-refractivity contribution is -0.138. The number of esters is 1. The quantitative estimate of drug-likeness (QED) is 0.451. The van der Waals surface area contributed by atoms with Gasteiger partial charge in [-0.1, -0.05) is 29.7 Å². The van der Waals surface area contributed by atoms with Gasteiger partial charge in [-0.15, -0.1) is 10.2 Å². The number of carbonyl (C=O) groups excluding carboxylic acids is 1. The van der Waals surface area contributed by atoms with E-state index in [9.17, 15) is 4.79 Å². The summed E-state index contributed by atoms with van der Waals surface area (Å²) >= 11 is 2.95. The predicted molar refractivity (Wildman–Crippen MR) is 61.1 cm³/mol. The minimum Gasteiger partial charge on any atom is -0.463 e. The molecule has 0 amide bonds. The van der Waals surface area contributed by atoms with Gasteiger partial charge in [-0.3, -0.25) is 0 Å². The summed E-state index contributed by atoms with van der Waals surface area (Å²) in [6.07, 6.45) is 0. The van der Waals surface area contributed by atoms with Crippen LogP contribution in [0, 0.1) is 6.92 Å². The molecule has 0 fully saturated rings. The second kappa shape index (κ2) is 5.87. The average molecular weight is 244 g/mol. The molecule has 0 saturated carbocycles. The number of ether oxygens (including phenoxy) is 1. The highest BCUT2D eigenvalue weighted by Crippen LogP contribution is 2.23. The van der Waals surface area contributed by atoms with Gasteiger partial charge in [-0.25, -0.2) is 4.79 Å². The van der Waals surface area contributed by atoms with Gasteiger partial charge < -0.3 is 4.74 Å². The number of aryl methyl sites for hydroxylation is 1. The first-order valence-corrected chi connectivity index (χ1v) is 6.21. The molecule has 4 nitrogen and oxygen atoms in total. The molecule has 0 N–H and O–H groups in total. The Labute approximate surface area is 96.7 Å². The number of nitrogens with zero attached hydrogens (tertiary/aromatic N) is 2. The van der Waals surface area contributed by atoms with E-state index in [0.717, 1.165) is 9.35 Å². The fraction of sp³-hybridized carbons (Fsp3) is 0.444. The van der Waals surface area contributed by atoms with Gasteiger partial charge >= 0.3 is 5.97 Å². The van der Waals surface area contributed by atoms with Crippen molar-refractivity contribution in [1.29, 1.82) is 0 Å². The summed E-state index contributed by atoms with van der Waals surface area (Å²) in [5, 5.41) is 8.72. The van der Waals surface area contributed by atoms with Crippen molar-refractivity contribution in [2.24, 2.45) is 0 Å². The first-order chi connectivity index (χ1) is 7.13. The molecule has 0 aliphatic heterocycles. The van der Waals surface area contributed by atoms with E-state index in [0.29, 0.717) is 17.9 Å². The van der Waals surface area contributed by atoms with Gasteiger partial charge in [0.15, 0.2) is 4.34 Å². The van der Waals surface area contributed by atoms with E-state index >= 15 is 0 Å². The minimum absolute atomic E-state index is 0.341. The van der Waals surface area contributed by atoms with Crippen molar-refractivity contribution < 1.29 is 9.53 Å². The van der Waals surface area contributed by atoms with E-state index in [1.165, 1.54) is 23.1 Å². The third-order valence-corrected chi connectivity index (χ3v) is 3.50. The molecule has 6 heteroatoms. The Balaban J connectivity index is 2.37. The largest absolute Gasteiger partial charge is 0.463 e. The molecule has 1 aromatic rings. The lowest BCUT2D eigenvalue weighted by atomic mass is 10.4. The predicted octanol–water partition coefficient (Wildman–Crippen LogP) is 2.06. The monoisotopic (exact) mass is 244 g/mol. The summed E-state index contributed by atoms with van der Waals surface area (Å²) in [6, 6.07) is 0. The number of aromatic nitrogens is 2. The van der Waals surface area contributed by atoms with Crippen LogP contribution in [-0.4, -0.2) is 28.5 Å². The molecular weight excluding hydrogens is 232 g/mol. The molecule has 0 atom stereocenters. The number of thioether (sulfide) groups is 1. The van der Waals surface area contributed by atoms with Crippen molar-refractivity contribution in [1.82, 2.24) is 10.2 Å². The molecule has 1 aromatic heterocycles. The van der Waals surface area contributed by atoms with Crippen LogP contribution in [0.4, 0.5) is 0 Å². The molecule has 0 aromatic carbocycles. The number of carbonyl (C=O) groups is 1. The number of rotatable bonds is 5. The molecule has 0 spiro atoms. The van der Waals surface area contributed by atoms with Gasteiger partial charge in [-0.05, 0) is 13.8 Å². The first-order valence-electron chi connectivity index (χ1n) is 4.41. The standard InChI is InChI=1S/C9H12N2O2S2/c1-4-13-8(12)6(2)5-14-9-11-10-7(3)15-9/h2,4-5H2,1,3H3. The lowest BCUT2D eigenvalue weighted by Gasteiger charge is -2.02. The zero-order valence-corrected chi connectivity index (χ0v) is 10.3. The van der Waals surface area contributed by atoms with Gasteiger partial charge in [0.2, 0.25) is 0 Å². The average Bonchev–Trinajstić information content (AvgIpc) is 2.61. The van der Waals surface area contributed by atoms with Crippen LogP contribution in [0.2, 0.25) is 0 Å². The maximum Gasteiger partial charge on any atom is 0.334 e. The summed E-state index contributed by atoms with van der Waals surface area (Å²) in [5.74, 6) is 0.152. The van der Waals surface area contributed by atoms with Gasteiger partial charge in [0, 0.05) is 11.3 Å². The summed E-state index contributed by atoms with van der Waals surface area (Å²) < 4.78 is 5.66. The summed E-state index contributed by atoms with van der Waals surface area (Å²) in [7, 11) is 0. The Morgan fingerprint density at radius 3 is 2.87 bits per heavy atom. The molecule has 0 saturated heterocycles. The van der Waals surface area contributed by atoms with Crippen molar-refractivity contribution >= 4 is 29.1 Å². The Morgan fingerprint density at radius 1 is 1.60 bits per heavy atom. The van der Waals surface area contributed by atoms with Gasteiger partial charge in [0.05, 0.1) is 6.61 Å². The van der Waals surface area contributed by atoms with E-state index in [4.69, 9.17) is 4.74 Å². The molecule has 15 heavy (non-hydrogen) atoms. The van der Waals surface area contributed by atoms with Gasteiger partial charge in [0.25, 0.3) is 0 Å². The Bertz CT molecular complexity index is 363. The van der Waals surface area contributed by atoms with Crippen LogP contribution in [0.5, 0.6) is 0 Å². The molecule has 1 heterocycles. The van der Waals surface area contributed by atoms with Crippen molar-refractivity contribution in [3.8, 4) is 0 Å². The summed E-state index contributed by atoms with van der Waals surface area (Å²) in [5.41, 5.74) is 0.453. The van der Waals surface area contributed by atoms with Crippen LogP contribution in [0.15, 0.2) is 16.5 Å². The van der Waals surface area contributed by atoms with Crippen molar-refractivity contribution in [3.63, 3.8) is 0 Å². The van der Waals surface area contributed by atoms with Crippen LogP contribution < -0.4 is 0 Å². The Morgan fingerprint density at radius 2 is 2.33 bits per heavy atom. The van der Waals surface area contributed by atoms with Crippen LogP contribution in [0.25, 0.3) is 0 Å². The highest BCUT2D eigenvalue weighted by molar-refractivity contribution is 8.01. The molecule has 1 rings (SSSR count). The zero-order chi connectivity index (χ0) is 11.3. The molecule has 0 aliphatic carbocycles. The number of hydrogen-bond donors (Lipinski definition) is 0. The molecular formula is C9H12N2O2S2. The molecule has 0 bridgehead atoms. The van der Waals surface area contributed by atoms with E-state index in [-0.39, 0.29) is 5.97 Å². The fourth-order valence-electron chi connectivity index (χ4n) is 0.778. The van der Waals surface area contributed by atoms with E-state index in [1.807, 2.05) is 6.92 Å². The maximum absolute atomic E-state index is 11.2. The van der Waals surface area contributed by atoms with E-state index < -0.39 is 0 Å². The molecule has 0 radical (unpaired) electrons. The number of hydrogen-bond acceptors (Lipinski definition) is 6.